The summed E-state index contributed by atoms with van der Waals surface area (Å²) >= 11 is 1.49. The van der Waals surface area contributed by atoms with Gasteiger partial charge < -0.3 is 4.74 Å². The van der Waals surface area contributed by atoms with E-state index in [9.17, 15) is 4.79 Å². The third-order valence-electron chi connectivity index (χ3n) is 4.08. The zero-order valence-corrected chi connectivity index (χ0v) is 17.0. The fourth-order valence-corrected chi connectivity index (χ4v) is 3.70. The molecule has 0 atom stereocenters. The van der Waals surface area contributed by atoms with E-state index in [1.807, 2.05) is 69.3 Å². The maximum Gasteiger partial charge on any atom is 0.250 e. The van der Waals surface area contributed by atoms with Crippen LogP contribution >= 0.6 is 11.8 Å². The number of thioether (sulfide) groups is 1. The van der Waals surface area contributed by atoms with Crippen molar-refractivity contribution in [3.8, 4) is 5.75 Å². The summed E-state index contributed by atoms with van der Waals surface area (Å²) in [7, 11) is 0. The Labute approximate surface area is 169 Å². The molecule has 0 saturated heterocycles. The number of fused-ring (bicyclic) bond motifs is 1. The number of pyridine rings is 1. The second kappa shape index (κ2) is 9.37. The minimum atomic E-state index is -0.151. The van der Waals surface area contributed by atoms with Crippen LogP contribution in [0.15, 0.2) is 58.5 Å². The van der Waals surface area contributed by atoms with E-state index in [4.69, 9.17) is 4.74 Å². The largest absolute Gasteiger partial charge is 0.494 e. The number of hydrazone groups is 1. The number of carbonyl (C=O) groups is 1. The summed E-state index contributed by atoms with van der Waals surface area (Å²) in [6.45, 7) is 6.59. The van der Waals surface area contributed by atoms with Crippen LogP contribution in [0, 0.1) is 13.8 Å². The predicted octanol–water partition coefficient (Wildman–Crippen LogP) is 4.49. The normalized spacial score (nSPS) is 11.1. The third-order valence-corrected chi connectivity index (χ3v) is 5.14. The molecule has 0 radical (unpaired) electrons. The van der Waals surface area contributed by atoms with Crippen LogP contribution in [-0.4, -0.2) is 29.5 Å². The lowest BCUT2D eigenvalue weighted by molar-refractivity contribution is -0.118. The van der Waals surface area contributed by atoms with Gasteiger partial charge in [-0.3, -0.25) is 9.78 Å². The first-order chi connectivity index (χ1) is 13.6. The van der Waals surface area contributed by atoms with E-state index in [0.29, 0.717) is 6.61 Å². The van der Waals surface area contributed by atoms with Crippen molar-refractivity contribution in [2.24, 2.45) is 5.10 Å². The number of rotatable bonds is 7. The summed E-state index contributed by atoms with van der Waals surface area (Å²) in [5, 5.41) is 5.10. The van der Waals surface area contributed by atoms with Gasteiger partial charge in [-0.1, -0.05) is 18.2 Å². The molecule has 1 aromatic heterocycles. The number of hydrogen-bond donors (Lipinski definition) is 1. The summed E-state index contributed by atoms with van der Waals surface area (Å²) in [5.41, 5.74) is 6.53. The highest BCUT2D eigenvalue weighted by atomic mass is 32.2. The van der Waals surface area contributed by atoms with Gasteiger partial charge in [-0.2, -0.15) is 5.10 Å². The molecule has 0 unspecified atom stereocenters. The van der Waals surface area contributed by atoms with Crippen LogP contribution in [0.25, 0.3) is 10.9 Å². The van der Waals surface area contributed by atoms with E-state index in [2.05, 4.69) is 15.5 Å². The number of hydrogen-bond acceptors (Lipinski definition) is 5. The number of amides is 1. The highest BCUT2D eigenvalue weighted by Crippen LogP contribution is 2.29. The molecule has 0 saturated carbocycles. The van der Waals surface area contributed by atoms with E-state index in [-0.39, 0.29) is 11.7 Å². The molecule has 2 aromatic carbocycles. The monoisotopic (exact) mass is 393 g/mol. The Balaban J connectivity index is 1.59. The molecule has 0 aliphatic rings. The van der Waals surface area contributed by atoms with Crippen molar-refractivity contribution >= 4 is 34.8 Å². The number of nitrogens with one attached hydrogen (secondary N) is 1. The molecule has 28 heavy (non-hydrogen) atoms. The average molecular weight is 394 g/mol. The lowest BCUT2D eigenvalue weighted by Crippen LogP contribution is -2.19. The van der Waals surface area contributed by atoms with E-state index < -0.39 is 0 Å². The van der Waals surface area contributed by atoms with Gasteiger partial charge in [0, 0.05) is 16.0 Å². The smallest absolute Gasteiger partial charge is 0.250 e. The lowest BCUT2D eigenvalue weighted by Gasteiger charge is -2.09. The van der Waals surface area contributed by atoms with E-state index >= 15 is 0 Å². The predicted molar refractivity (Wildman–Crippen MR) is 115 cm³/mol. The topological polar surface area (TPSA) is 63.6 Å². The number of para-hydroxylation sites is 1. The third kappa shape index (κ3) is 5.10. The Bertz CT molecular complexity index is 1000. The van der Waals surface area contributed by atoms with Crippen LogP contribution in [0.4, 0.5) is 0 Å². The molecule has 0 bridgehead atoms. The quantitative estimate of drug-likeness (QED) is 0.365. The maximum atomic E-state index is 12.2. The highest BCUT2D eigenvalue weighted by molar-refractivity contribution is 8.00. The SMILES string of the molecule is CCOc1ccc(/C=N\NC(=O)CSc2cc(C)nc3c(C)cccc23)cc1. The van der Waals surface area contributed by atoms with Crippen molar-refractivity contribution < 1.29 is 9.53 Å². The Morgan fingerprint density at radius 2 is 2.00 bits per heavy atom. The van der Waals surface area contributed by atoms with Crippen LogP contribution in [-0.2, 0) is 4.79 Å². The van der Waals surface area contributed by atoms with Crippen LogP contribution in [0.3, 0.4) is 0 Å². The first-order valence-corrected chi connectivity index (χ1v) is 10.1. The molecule has 6 heteroatoms. The average Bonchev–Trinajstić information content (AvgIpc) is 2.68. The number of carbonyl (C=O) groups excluding carboxylic acids is 1. The van der Waals surface area contributed by atoms with E-state index in [0.717, 1.165) is 38.4 Å². The summed E-state index contributed by atoms with van der Waals surface area (Å²) in [5.74, 6) is 0.949. The van der Waals surface area contributed by atoms with Crippen LogP contribution in [0.1, 0.15) is 23.7 Å². The molecule has 0 spiro atoms. The Morgan fingerprint density at radius 1 is 1.21 bits per heavy atom. The zero-order valence-electron chi connectivity index (χ0n) is 16.2. The number of aryl methyl sites for hydroxylation is 2. The maximum absolute atomic E-state index is 12.2. The molecule has 0 aliphatic carbocycles. The van der Waals surface area contributed by atoms with Gasteiger partial charge in [0.2, 0.25) is 5.91 Å². The summed E-state index contributed by atoms with van der Waals surface area (Å²) in [6, 6.07) is 15.7. The second-order valence-corrected chi connectivity index (χ2v) is 7.33. The Kier molecular flexibility index (Phi) is 6.66. The highest BCUT2D eigenvalue weighted by Gasteiger charge is 2.09. The molecule has 0 fully saturated rings. The molecule has 1 heterocycles. The molecule has 3 rings (SSSR count). The minimum absolute atomic E-state index is 0.151. The van der Waals surface area contributed by atoms with E-state index in [1.165, 1.54) is 11.8 Å². The Hall–Kier alpha value is -2.86. The van der Waals surface area contributed by atoms with Gasteiger partial charge >= 0.3 is 0 Å². The molecule has 1 amide bonds. The number of nitrogens with zero attached hydrogens (tertiary/aromatic N) is 2. The van der Waals surface area contributed by atoms with Crippen LogP contribution < -0.4 is 10.2 Å². The molecule has 0 aliphatic heterocycles. The van der Waals surface area contributed by atoms with Gasteiger partial charge in [0.25, 0.3) is 0 Å². The fraction of sp³-hybridized carbons (Fsp3) is 0.227. The molecular weight excluding hydrogens is 370 g/mol. The standard InChI is InChI=1S/C22H23N3O2S/c1-4-27-18-10-8-17(9-11-18)13-23-25-21(26)14-28-20-12-16(3)24-22-15(2)6-5-7-19(20)22/h5-13H,4,14H2,1-3H3,(H,25,26)/b23-13-. The van der Waals surface area contributed by atoms with Crippen molar-refractivity contribution in [3.05, 3.63) is 65.4 Å². The van der Waals surface area contributed by atoms with Gasteiger partial charge in [-0.05, 0) is 62.2 Å². The second-order valence-electron chi connectivity index (χ2n) is 6.32. The van der Waals surface area contributed by atoms with Crippen molar-refractivity contribution in [2.45, 2.75) is 25.7 Å². The number of aromatic nitrogens is 1. The lowest BCUT2D eigenvalue weighted by atomic mass is 10.1. The van der Waals surface area contributed by atoms with Gasteiger partial charge in [0.1, 0.15) is 5.75 Å². The Morgan fingerprint density at radius 3 is 2.75 bits per heavy atom. The minimum Gasteiger partial charge on any atom is -0.494 e. The molecule has 3 aromatic rings. The van der Waals surface area contributed by atoms with Gasteiger partial charge in [0.15, 0.2) is 0 Å². The zero-order chi connectivity index (χ0) is 19.9. The van der Waals surface area contributed by atoms with Crippen LogP contribution in [0.5, 0.6) is 5.75 Å². The van der Waals surface area contributed by atoms with Crippen molar-refractivity contribution in [3.63, 3.8) is 0 Å². The summed E-state index contributed by atoms with van der Waals surface area (Å²) in [4.78, 5) is 17.8. The number of ether oxygens (including phenoxy) is 1. The summed E-state index contributed by atoms with van der Waals surface area (Å²) in [6.07, 6.45) is 1.62. The van der Waals surface area contributed by atoms with Gasteiger partial charge in [0.05, 0.1) is 24.1 Å². The van der Waals surface area contributed by atoms with E-state index in [1.54, 1.807) is 6.21 Å². The molecule has 1 N–H and O–H groups in total. The molecular formula is C22H23N3O2S. The molecule has 144 valence electrons. The number of benzene rings is 2. The molecule has 5 nitrogen and oxygen atoms in total. The van der Waals surface area contributed by atoms with Crippen molar-refractivity contribution in [1.82, 2.24) is 10.4 Å². The van der Waals surface area contributed by atoms with Gasteiger partial charge in [-0.15, -0.1) is 11.8 Å². The van der Waals surface area contributed by atoms with Gasteiger partial charge in [-0.25, -0.2) is 5.43 Å². The fourth-order valence-electron chi connectivity index (χ4n) is 2.77. The van der Waals surface area contributed by atoms with Crippen LogP contribution in [0.2, 0.25) is 0 Å². The summed E-state index contributed by atoms with van der Waals surface area (Å²) < 4.78 is 5.40. The first kappa shape index (κ1) is 19.9. The van der Waals surface area contributed by atoms with Crippen molar-refractivity contribution in [1.29, 1.82) is 0 Å². The van der Waals surface area contributed by atoms with Crippen molar-refractivity contribution in [2.75, 3.05) is 12.4 Å². The first-order valence-electron chi connectivity index (χ1n) is 9.11.